The highest BCUT2D eigenvalue weighted by Crippen LogP contribution is 2.26. The van der Waals surface area contributed by atoms with Crippen LogP contribution >= 0.6 is 0 Å². The molecule has 2 aromatic carbocycles. The Bertz CT molecular complexity index is 1290. The van der Waals surface area contributed by atoms with E-state index in [1.54, 1.807) is 19.8 Å². The Morgan fingerprint density at radius 1 is 1.00 bits per heavy atom. The Morgan fingerprint density at radius 2 is 1.78 bits per heavy atom. The summed E-state index contributed by atoms with van der Waals surface area (Å²) in [5, 5.41) is 0. The molecule has 2 aromatic heterocycles. The number of methoxy groups -OCH3 is 1. The van der Waals surface area contributed by atoms with Crippen LogP contribution in [-0.2, 0) is 11.2 Å². The molecule has 1 fully saturated rings. The van der Waals surface area contributed by atoms with E-state index in [9.17, 15) is 4.79 Å². The van der Waals surface area contributed by atoms with Gasteiger partial charge in [0.25, 0.3) is 0 Å². The predicted octanol–water partition coefficient (Wildman–Crippen LogP) is 4.93. The Morgan fingerprint density at radius 3 is 2.54 bits per heavy atom. The molecular formula is C29H32N6O2. The monoisotopic (exact) mass is 496 g/mol. The summed E-state index contributed by atoms with van der Waals surface area (Å²) in [5.41, 5.74) is 2.83. The van der Waals surface area contributed by atoms with E-state index in [0.717, 1.165) is 73.2 Å². The van der Waals surface area contributed by atoms with Gasteiger partial charge in [0.2, 0.25) is 5.95 Å². The maximum Gasteiger partial charge on any atom is 0.228 e. The van der Waals surface area contributed by atoms with Crippen molar-refractivity contribution in [2.75, 3.05) is 25.1 Å². The molecule has 8 heteroatoms. The molecule has 0 amide bonds. The van der Waals surface area contributed by atoms with Crippen LogP contribution in [0.25, 0.3) is 16.9 Å². The first kappa shape index (κ1) is 24.6. The van der Waals surface area contributed by atoms with Crippen LogP contribution in [0.5, 0.6) is 5.75 Å². The highest BCUT2D eigenvalue weighted by molar-refractivity contribution is 5.80. The number of ketones is 1. The average molecular weight is 497 g/mol. The summed E-state index contributed by atoms with van der Waals surface area (Å²) < 4.78 is 7.32. The molecule has 0 radical (unpaired) electrons. The zero-order valence-corrected chi connectivity index (χ0v) is 21.2. The van der Waals surface area contributed by atoms with Gasteiger partial charge in [-0.3, -0.25) is 4.79 Å². The molecule has 3 heterocycles. The number of imidazole rings is 1. The van der Waals surface area contributed by atoms with Gasteiger partial charge in [-0.2, -0.15) is 0 Å². The average Bonchev–Trinajstić information content (AvgIpc) is 3.22. The molecule has 0 spiro atoms. The van der Waals surface area contributed by atoms with Crippen LogP contribution in [0.2, 0.25) is 0 Å². The molecule has 37 heavy (non-hydrogen) atoms. The van der Waals surface area contributed by atoms with Crippen LogP contribution in [0, 0.1) is 5.92 Å². The van der Waals surface area contributed by atoms with Crippen molar-refractivity contribution < 1.29 is 9.53 Å². The molecule has 4 aromatic rings. The number of aromatic nitrogens is 5. The van der Waals surface area contributed by atoms with E-state index in [1.807, 2.05) is 65.4 Å². The Labute approximate surface area is 217 Å². The Hall–Kier alpha value is -4.07. The lowest BCUT2D eigenvalue weighted by Gasteiger charge is -2.19. The number of nitrogens with zero attached hydrogens (tertiary/aromatic N) is 6. The maximum atomic E-state index is 13.1. The predicted molar refractivity (Wildman–Crippen MR) is 143 cm³/mol. The normalized spacial score (nSPS) is 15.8. The van der Waals surface area contributed by atoms with Crippen LogP contribution in [-0.4, -0.2) is 50.5 Å². The van der Waals surface area contributed by atoms with E-state index in [2.05, 4.69) is 19.9 Å². The summed E-state index contributed by atoms with van der Waals surface area (Å²) in [5.74, 6) is 3.06. The lowest BCUT2D eigenvalue weighted by molar-refractivity contribution is -0.118. The third-order valence-electron chi connectivity index (χ3n) is 7.00. The molecule has 0 aliphatic carbocycles. The molecule has 1 aliphatic heterocycles. The van der Waals surface area contributed by atoms with Crippen LogP contribution in [0.3, 0.4) is 0 Å². The first-order chi connectivity index (χ1) is 18.2. The topological polar surface area (TPSA) is 86.0 Å². The van der Waals surface area contributed by atoms with Gasteiger partial charge in [-0.25, -0.2) is 19.9 Å². The molecule has 1 atom stereocenters. The second-order valence-corrected chi connectivity index (χ2v) is 9.45. The molecule has 5 rings (SSSR count). The third-order valence-corrected chi connectivity index (χ3v) is 7.00. The minimum absolute atomic E-state index is 0.225. The lowest BCUT2D eigenvalue weighted by Crippen LogP contribution is -2.26. The second-order valence-electron chi connectivity index (χ2n) is 9.45. The molecule has 1 unspecified atom stereocenters. The molecule has 0 N–H and O–H groups in total. The third kappa shape index (κ3) is 6.20. The summed E-state index contributed by atoms with van der Waals surface area (Å²) >= 11 is 0. The number of carbonyl (C=O) groups is 1. The van der Waals surface area contributed by atoms with Crippen molar-refractivity contribution in [1.29, 1.82) is 0 Å². The van der Waals surface area contributed by atoms with E-state index in [1.165, 1.54) is 0 Å². The Kier molecular flexibility index (Phi) is 7.84. The number of para-hydroxylation sites is 1. The van der Waals surface area contributed by atoms with Crippen molar-refractivity contribution in [2.24, 2.45) is 5.92 Å². The van der Waals surface area contributed by atoms with Crippen molar-refractivity contribution in [3.05, 3.63) is 79.3 Å². The highest BCUT2D eigenvalue weighted by Gasteiger charge is 2.21. The quantitative estimate of drug-likeness (QED) is 0.325. The number of hydrogen-bond acceptors (Lipinski definition) is 7. The fourth-order valence-corrected chi connectivity index (χ4v) is 4.94. The minimum atomic E-state index is 0.225. The van der Waals surface area contributed by atoms with E-state index in [0.29, 0.717) is 18.8 Å². The van der Waals surface area contributed by atoms with E-state index in [-0.39, 0.29) is 5.78 Å². The van der Waals surface area contributed by atoms with E-state index in [4.69, 9.17) is 9.72 Å². The van der Waals surface area contributed by atoms with Crippen molar-refractivity contribution in [2.45, 2.75) is 38.5 Å². The summed E-state index contributed by atoms with van der Waals surface area (Å²) in [6, 6.07) is 17.9. The fraction of sp³-hybridized carbons (Fsp3) is 0.345. The van der Waals surface area contributed by atoms with Gasteiger partial charge in [-0.15, -0.1) is 0 Å². The number of rotatable bonds is 9. The highest BCUT2D eigenvalue weighted by atomic mass is 16.5. The van der Waals surface area contributed by atoms with Crippen LogP contribution in [0.15, 0.2) is 73.4 Å². The zero-order valence-electron chi connectivity index (χ0n) is 21.2. The van der Waals surface area contributed by atoms with Gasteiger partial charge < -0.3 is 14.2 Å². The van der Waals surface area contributed by atoms with Gasteiger partial charge in [0.05, 0.1) is 19.2 Å². The number of anilines is 1. The summed E-state index contributed by atoms with van der Waals surface area (Å²) in [4.78, 5) is 32.7. The number of benzene rings is 2. The van der Waals surface area contributed by atoms with Gasteiger partial charge in [0.1, 0.15) is 30.0 Å². The molecule has 0 bridgehead atoms. The molecular weight excluding hydrogens is 464 g/mol. The van der Waals surface area contributed by atoms with Gasteiger partial charge >= 0.3 is 0 Å². The molecule has 0 saturated carbocycles. The SMILES string of the molecule is COc1ccc(-c2cn(-c3ccccc3)c(CC(=O)CCC3CCCN(c4ncncn4)CC3)n2)cc1. The van der Waals surface area contributed by atoms with Crippen LogP contribution in [0.4, 0.5) is 5.95 Å². The van der Waals surface area contributed by atoms with Gasteiger partial charge in [-0.1, -0.05) is 18.2 Å². The van der Waals surface area contributed by atoms with Gasteiger partial charge in [0.15, 0.2) is 0 Å². The minimum Gasteiger partial charge on any atom is -0.497 e. The first-order valence-corrected chi connectivity index (χ1v) is 12.9. The summed E-state index contributed by atoms with van der Waals surface area (Å²) in [6.07, 6.45) is 10.1. The summed E-state index contributed by atoms with van der Waals surface area (Å²) in [7, 11) is 1.66. The summed E-state index contributed by atoms with van der Waals surface area (Å²) in [6.45, 7) is 1.85. The fourth-order valence-electron chi connectivity index (χ4n) is 4.94. The van der Waals surface area contributed by atoms with Gasteiger partial charge in [-0.05, 0) is 68.0 Å². The van der Waals surface area contributed by atoms with Crippen molar-refractivity contribution in [1.82, 2.24) is 24.5 Å². The maximum absolute atomic E-state index is 13.1. The van der Waals surface area contributed by atoms with Crippen LogP contribution < -0.4 is 9.64 Å². The number of ether oxygens (including phenoxy) is 1. The van der Waals surface area contributed by atoms with Crippen molar-refractivity contribution in [3.63, 3.8) is 0 Å². The standard InChI is InChI=1S/C29H32N6O2/c1-37-26-13-10-23(11-14-26)27-19-35(24-7-3-2-4-8-24)28(33-27)18-25(36)12-9-22-6-5-16-34(17-15-22)29-31-20-30-21-32-29/h2-4,7-8,10-11,13-14,19-22H,5-6,9,12,15-18H2,1H3. The Balaban J connectivity index is 1.24. The van der Waals surface area contributed by atoms with Gasteiger partial charge in [0, 0.05) is 37.0 Å². The second kappa shape index (κ2) is 11.8. The number of hydrogen-bond donors (Lipinski definition) is 0. The largest absolute Gasteiger partial charge is 0.497 e. The van der Waals surface area contributed by atoms with Crippen molar-refractivity contribution in [3.8, 4) is 22.7 Å². The number of Topliss-reactive ketones (excluding diaryl/α,β-unsaturated/α-hetero) is 1. The smallest absolute Gasteiger partial charge is 0.228 e. The lowest BCUT2D eigenvalue weighted by atomic mass is 9.93. The molecule has 1 aliphatic rings. The molecule has 8 nitrogen and oxygen atoms in total. The molecule has 190 valence electrons. The number of carbonyl (C=O) groups excluding carboxylic acids is 1. The van der Waals surface area contributed by atoms with E-state index >= 15 is 0 Å². The van der Waals surface area contributed by atoms with Crippen LogP contribution in [0.1, 0.15) is 37.9 Å². The molecule has 1 saturated heterocycles. The van der Waals surface area contributed by atoms with E-state index < -0.39 is 0 Å². The van der Waals surface area contributed by atoms with Crippen molar-refractivity contribution >= 4 is 11.7 Å². The zero-order chi connectivity index (χ0) is 25.5. The first-order valence-electron chi connectivity index (χ1n) is 12.9.